The number of hydrogen-bond donors (Lipinski definition) is 1. The van der Waals surface area contributed by atoms with Crippen LogP contribution in [0.4, 0.5) is 5.00 Å². The predicted molar refractivity (Wildman–Crippen MR) is 132 cm³/mol. The number of hydrogen-bond acceptors (Lipinski definition) is 8. The van der Waals surface area contributed by atoms with E-state index < -0.39 is 34.5 Å². The monoisotopic (exact) mass is 522 g/mol. The highest BCUT2D eigenvalue weighted by molar-refractivity contribution is 7.89. The Morgan fingerprint density at radius 3 is 2.43 bits per heavy atom. The molecule has 1 N–H and O–H groups in total. The number of anilines is 1. The third-order valence-electron chi connectivity index (χ3n) is 5.65. The van der Waals surface area contributed by atoms with Gasteiger partial charge in [0, 0.05) is 18.0 Å². The summed E-state index contributed by atoms with van der Waals surface area (Å²) in [6.07, 6.45) is 3.57. The number of sulfonamides is 1. The molecule has 1 aromatic carbocycles. The van der Waals surface area contributed by atoms with Gasteiger partial charge in [0.05, 0.1) is 22.6 Å². The van der Waals surface area contributed by atoms with Crippen molar-refractivity contribution in [2.75, 3.05) is 31.6 Å². The summed E-state index contributed by atoms with van der Waals surface area (Å²) in [7, 11) is -3.74. The molecular weight excluding hydrogens is 492 g/mol. The Hall–Kier alpha value is -2.76. The van der Waals surface area contributed by atoms with Crippen LogP contribution in [0, 0.1) is 0 Å². The molecule has 0 bridgehead atoms. The second kappa shape index (κ2) is 11.8. The number of esters is 2. The van der Waals surface area contributed by atoms with Crippen LogP contribution in [0.1, 0.15) is 64.8 Å². The van der Waals surface area contributed by atoms with Crippen LogP contribution < -0.4 is 5.32 Å². The lowest BCUT2D eigenvalue weighted by atomic mass is 9.95. The first-order valence-electron chi connectivity index (χ1n) is 11.6. The van der Waals surface area contributed by atoms with E-state index in [9.17, 15) is 22.8 Å². The van der Waals surface area contributed by atoms with Gasteiger partial charge in [0.15, 0.2) is 6.61 Å². The number of fused-ring (bicyclic) bond motifs is 1. The average Bonchev–Trinajstić information content (AvgIpc) is 3.21. The number of nitrogens with one attached hydrogen (secondary N) is 1. The van der Waals surface area contributed by atoms with E-state index in [2.05, 4.69) is 5.32 Å². The predicted octanol–water partition coefficient (Wildman–Crippen LogP) is 3.63. The van der Waals surface area contributed by atoms with Gasteiger partial charge in [-0.05, 0) is 56.4 Å². The number of amides is 1. The lowest BCUT2D eigenvalue weighted by Gasteiger charge is -2.18. The minimum atomic E-state index is -3.74. The molecule has 11 heteroatoms. The lowest BCUT2D eigenvalue weighted by molar-refractivity contribution is -0.119. The van der Waals surface area contributed by atoms with E-state index in [1.165, 1.54) is 39.9 Å². The second-order valence-electron chi connectivity index (χ2n) is 7.88. The normalized spacial score (nSPS) is 13.3. The summed E-state index contributed by atoms with van der Waals surface area (Å²) in [5.74, 6) is -1.91. The molecule has 35 heavy (non-hydrogen) atoms. The molecule has 0 aliphatic heterocycles. The van der Waals surface area contributed by atoms with Crippen LogP contribution in [0.15, 0.2) is 29.2 Å². The second-order valence-corrected chi connectivity index (χ2v) is 10.9. The Balaban J connectivity index is 1.70. The van der Waals surface area contributed by atoms with Crippen LogP contribution in [0.3, 0.4) is 0 Å². The van der Waals surface area contributed by atoms with E-state index in [-0.39, 0.29) is 17.1 Å². The summed E-state index contributed by atoms with van der Waals surface area (Å²) < 4.78 is 37.0. The van der Waals surface area contributed by atoms with Gasteiger partial charge in [-0.3, -0.25) is 4.79 Å². The number of rotatable bonds is 10. The maximum atomic E-state index is 12.7. The van der Waals surface area contributed by atoms with Crippen LogP contribution >= 0.6 is 11.3 Å². The van der Waals surface area contributed by atoms with Crippen molar-refractivity contribution in [1.82, 2.24) is 4.31 Å². The summed E-state index contributed by atoms with van der Waals surface area (Å²) in [5.41, 5.74) is 1.31. The quantitative estimate of drug-likeness (QED) is 0.473. The SMILES string of the molecule is CCOC(=O)c1c(NC(=O)COC(=O)c2cccc(S(=O)(=O)N(CC)CC)c2)sc2c1CCCC2. The van der Waals surface area contributed by atoms with Crippen LogP contribution in [-0.4, -0.2) is 56.9 Å². The molecule has 0 saturated heterocycles. The maximum absolute atomic E-state index is 12.7. The van der Waals surface area contributed by atoms with E-state index >= 15 is 0 Å². The Labute approximate surface area is 209 Å². The molecule has 0 saturated carbocycles. The number of aryl methyl sites for hydroxylation is 1. The van der Waals surface area contributed by atoms with Gasteiger partial charge in [-0.1, -0.05) is 19.9 Å². The van der Waals surface area contributed by atoms with Gasteiger partial charge >= 0.3 is 11.9 Å². The van der Waals surface area contributed by atoms with Crippen molar-refractivity contribution in [3.05, 3.63) is 45.8 Å². The van der Waals surface area contributed by atoms with Crippen LogP contribution in [0.25, 0.3) is 0 Å². The highest BCUT2D eigenvalue weighted by atomic mass is 32.2. The van der Waals surface area contributed by atoms with Crippen molar-refractivity contribution in [2.24, 2.45) is 0 Å². The summed E-state index contributed by atoms with van der Waals surface area (Å²) in [6, 6.07) is 5.52. The zero-order valence-electron chi connectivity index (χ0n) is 20.1. The minimum Gasteiger partial charge on any atom is -0.462 e. The molecule has 0 unspecified atom stereocenters. The van der Waals surface area contributed by atoms with Gasteiger partial charge < -0.3 is 14.8 Å². The third-order valence-corrected chi connectivity index (χ3v) is 8.90. The van der Waals surface area contributed by atoms with Gasteiger partial charge in [0.2, 0.25) is 10.0 Å². The lowest BCUT2D eigenvalue weighted by Crippen LogP contribution is -2.30. The molecule has 1 aliphatic rings. The first-order valence-corrected chi connectivity index (χ1v) is 13.9. The van der Waals surface area contributed by atoms with E-state index in [1.807, 2.05) is 0 Å². The molecular formula is C24H30N2O7S2. The fourth-order valence-electron chi connectivity index (χ4n) is 3.95. The Morgan fingerprint density at radius 1 is 1.03 bits per heavy atom. The van der Waals surface area contributed by atoms with Gasteiger partial charge in [-0.2, -0.15) is 4.31 Å². The fourth-order valence-corrected chi connectivity index (χ4v) is 6.74. The number of benzene rings is 1. The van der Waals surface area contributed by atoms with Crippen molar-refractivity contribution in [1.29, 1.82) is 0 Å². The van der Waals surface area contributed by atoms with Crippen LogP contribution in [0.5, 0.6) is 0 Å². The van der Waals surface area contributed by atoms with Crippen molar-refractivity contribution in [3.8, 4) is 0 Å². The van der Waals surface area contributed by atoms with Crippen molar-refractivity contribution in [2.45, 2.75) is 51.3 Å². The third kappa shape index (κ3) is 6.09. The maximum Gasteiger partial charge on any atom is 0.341 e. The van der Waals surface area contributed by atoms with Crippen molar-refractivity contribution in [3.63, 3.8) is 0 Å². The first kappa shape index (κ1) is 26.8. The smallest absolute Gasteiger partial charge is 0.341 e. The molecule has 2 aromatic rings. The molecule has 0 spiro atoms. The molecule has 3 rings (SSSR count). The number of carbonyl (C=O) groups excluding carboxylic acids is 3. The van der Waals surface area contributed by atoms with E-state index in [0.717, 1.165) is 36.1 Å². The molecule has 1 aromatic heterocycles. The molecule has 1 heterocycles. The highest BCUT2D eigenvalue weighted by Crippen LogP contribution is 2.38. The van der Waals surface area contributed by atoms with E-state index in [4.69, 9.17) is 9.47 Å². The fraction of sp³-hybridized carbons (Fsp3) is 0.458. The molecule has 0 atom stereocenters. The highest BCUT2D eigenvalue weighted by Gasteiger charge is 2.28. The first-order chi connectivity index (χ1) is 16.7. The Morgan fingerprint density at radius 2 is 1.74 bits per heavy atom. The summed E-state index contributed by atoms with van der Waals surface area (Å²) in [6.45, 7) is 5.41. The summed E-state index contributed by atoms with van der Waals surface area (Å²) in [4.78, 5) is 38.6. The Kier molecular flexibility index (Phi) is 9.03. The van der Waals surface area contributed by atoms with Crippen LogP contribution in [-0.2, 0) is 37.1 Å². The summed E-state index contributed by atoms with van der Waals surface area (Å²) >= 11 is 1.34. The zero-order valence-corrected chi connectivity index (χ0v) is 21.7. The molecule has 1 aliphatic carbocycles. The molecule has 190 valence electrons. The van der Waals surface area contributed by atoms with Crippen LogP contribution in [0.2, 0.25) is 0 Å². The number of carbonyl (C=O) groups is 3. The molecule has 9 nitrogen and oxygen atoms in total. The molecule has 0 radical (unpaired) electrons. The standard InChI is InChI=1S/C24H30N2O7S2/c1-4-26(5-2)35(30,31)17-11-9-10-16(14-17)23(28)33-15-20(27)25-22-21(24(29)32-6-3)18-12-7-8-13-19(18)34-22/h9-11,14H,4-8,12-13,15H2,1-3H3,(H,25,27). The van der Waals surface area contributed by atoms with Crippen molar-refractivity contribution < 1.29 is 32.3 Å². The van der Waals surface area contributed by atoms with Gasteiger partial charge in [0.25, 0.3) is 5.91 Å². The number of thiophene rings is 1. The van der Waals surface area contributed by atoms with Gasteiger partial charge in [0.1, 0.15) is 5.00 Å². The molecule has 1 amide bonds. The average molecular weight is 523 g/mol. The van der Waals surface area contributed by atoms with Gasteiger partial charge in [-0.15, -0.1) is 11.3 Å². The zero-order chi connectivity index (χ0) is 25.6. The summed E-state index contributed by atoms with van der Waals surface area (Å²) in [5, 5.41) is 3.07. The Bertz CT molecular complexity index is 1200. The molecule has 0 fully saturated rings. The van der Waals surface area contributed by atoms with Crippen molar-refractivity contribution >= 4 is 44.2 Å². The van der Waals surface area contributed by atoms with Gasteiger partial charge in [-0.25, -0.2) is 18.0 Å². The largest absolute Gasteiger partial charge is 0.462 e. The topological polar surface area (TPSA) is 119 Å². The number of ether oxygens (including phenoxy) is 2. The van der Waals surface area contributed by atoms with E-state index in [1.54, 1.807) is 20.8 Å². The van der Waals surface area contributed by atoms with E-state index in [0.29, 0.717) is 23.7 Å². The minimum absolute atomic E-state index is 0.0184. The number of nitrogens with zero attached hydrogens (tertiary/aromatic N) is 1.